The van der Waals surface area contributed by atoms with Gasteiger partial charge in [0.15, 0.2) is 11.2 Å². The minimum absolute atomic E-state index is 0.0366. The summed E-state index contributed by atoms with van der Waals surface area (Å²) >= 11 is 6.16. The summed E-state index contributed by atoms with van der Waals surface area (Å²) < 4.78 is 6.06. The van der Waals surface area contributed by atoms with E-state index >= 15 is 0 Å². The molecule has 0 spiro atoms. The molecule has 1 unspecified atom stereocenters. The zero-order valence-corrected chi connectivity index (χ0v) is 25.1. The number of halogens is 1. The van der Waals surface area contributed by atoms with E-state index in [-0.39, 0.29) is 17.4 Å². The van der Waals surface area contributed by atoms with Gasteiger partial charge in [-0.25, -0.2) is 0 Å². The topological polar surface area (TPSA) is 62.6 Å². The van der Waals surface area contributed by atoms with Gasteiger partial charge in [0.05, 0.1) is 11.1 Å². The van der Waals surface area contributed by atoms with Crippen molar-refractivity contribution in [2.45, 2.75) is 63.5 Å². The van der Waals surface area contributed by atoms with Crippen molar-refractivity contribution in [3.8, 4) is 0 Å². The fraction of sp³-hybridized carbons (Fsp3) is 0.297. The lowest BCUT2D eigenvalue weighted by atomic mass is 9.79. The third-order valence-electron chi connectivity index (χ3n) is 8.75. The molecule has 6 heteroatoms. The average molecular weight is 593 g/mol. The van der Waals surface area contributed by atoms with E-state index in [1.165, 1.54) is 22.8 Å². The first-order valence-corrected chi connectivity index (χ1v) is 15.6. The Balaban J connectivity index is 1.18. The Morgan fingerprint density at radius 2 is 1.74 bits per heavy atom. The van der Waals surface area contributed by atoms with E-state index in [4.69, 9.17) is 16.0 Å². The lowest BCUT2D eigenvalue weighted by molar-refractivity contribution is -0.128. The Morgan fingerprint density at radius 3 is 2.51 bits per heavy atom. The third kappa shape index (κ3) is 6.94. The predicted molar refractivity (Wildman–Crippen MR) is 174 cm³/mol. The highest BCUT2D eigenvalue weighted by Gasteiger charge is 2.25. The first-order chi connectivity index (χ1) is 20.9. The number of nitrogens with one attached hydrogen (secondary N) is 1. The van der Waals surface area contributed by atoms with Gasteiger partial charge in [-0.15, -0.1) is 0 Å². The lowest BCUT2D eigenvalue weighted by Gasteiger charge is -2.28. The highest BCUT2D eigenvalue weighted by atomic mass is 35.5. The van der Waals surface area contributed by atoms with Crippen molar-refractivity contribution in [2.75, 3.05) is 6.54 Å². The summed E-state index contributed by atoms with van der Waals surface area (Å²) in [6, 6.07) is 25.3. The van der Waals surface area contributed by atoms with Crippen LogP contribution in [0.3, 0.4) is 0 Å². The van der Waals surface area contributed by atoms with Crippen molar-refractivity contribution in [1.82, 2.24) is 10.2 Å². The van der Waals surface area contributed by atoms with E-state index in [2.05, 4.69) is 42.2 Å². The second-order valence-corrected chi connectivity index (χ2v) is 12.2. The van der Waals surface area contributed by atoms with Crippen LogP contribution in [0.2, 0.25) is 5.02 Å². The monoisotopic (exact) mass is 592 g/mol. The molecule has 220 valence electrons. The normalized spacial score (nSPS) is 17.7. The molecule has 1 N–H and O–H groups in total. The Bertz CT molecular complexity index is 1710. The van der Waals surface area contributed by atoms with Crippen molar-refractivity contribution in [1.29, 1.82) is 0 Å². The van der Waals surface area contributed by atoms with Gasteiger partial charge in [-0.3, -0.25) is 9.59 Å². The summed E-state index contributed by atoms with van der Waals surface area (Å²) in [5.41, 5.74) is 6.29. The third-order valence-corrected chi connectivity index (χ3v) is 9.00. The van der Waals surface area contributed by atoms with Crippen LogP contribution in [-0.4, -0.2) is 23.4 Å². The largest absolute Gasteiger partial charge is 0.454 e. The minimum Gasteiger partial charge on any atom is -0.454 e. The summed E-state index contributed by atoms with van der Waals surface area (Å²) in [4.78, 5) is 27.0. The highest BCUT2D eigenvalue weighted by molar-refractivity contribution is 6.30. The highest BCUT2D eigenvalue weighted by Crippen LogP contribution is 2.38. The number of para-hydroxylation sites is 1. The van der Waals surface area contributed by atoms with Gasteiger partial charge >= 0.3 is 0 Å². The maximum Gasteiger partial charge on any atom is 0.222 e. The van der Waals surface area contributed by atoms with Crippen LogP contribution >= 0.6 is 11.6 Å². The number of carbonyl (C=O) groups is 1. The second-order valence-electron chi connectivity index (χ2n) is 11.7. The molecule has 2 aliphatic rings. The number of carbonyl (C=O) groups excluding carboxylic acids is 1. The number of benzene rings is 3. The van der Waals surface area contributed by atoms with Crippen LogP contribution in [0.4, 0.5) is 0 Å². The zero-order chi connectivity index (χ0) is 29.8. The smallest absolute Gasteiger partial charge is 0.222 e. The van der Waals surface area contributed by atoms with E-state index < -0.39 is 0 Å². The molecule has 4 aromatic rings. The molecule has 1 saturated carbocycles. The lowest BCUT2D eigenvalue weighted by Crippen LogP contribution is -2.29. The number of rotatable bonds is 9. The van der Waals surface area contributed by atoms with Crippen LogP contribution < -0.4 is 10.7 Å². The number of fused-ring (bicyclic) bond motifs is 1. The first kappa shape index (κ1) is 29.0. The second kappa shape index (κ2) is 13.0. The molecule has 1 saturated heterocycles. The molecule has 3 aromatic carbocycles. The number of likely N-dealkylation sites (tertiary alicyclic amines) is 1. The summed E-state index contributed by atoms with van der Waals surface area (Å²) in [5.74, 6) is 1.20. The molecule has 2 heterocycles. The average Bonchev–Trinajstić information content (AvgIpc) is 3.42. The van der Waals surface area contributed by atoms with E-state index in [0.717, 1.165) is 50.6 Å². The zero-order valence-electron chi connectivity index (χ0n) is 24.4. The molecular formula is C37H37ClN2O3. The van der Waals surface area contributed by atoms with Crippen molar-refractivity contribution in [3.63, 3.8) is 0 Å². The van der Waals surface area contributed by atoms with E-state index in [1.54, 1.807) is 12.1 Å². The summed E-state index contributed by atoms with van der Waals surface area (Å²) in [7, 11) is 0. The van der Waals surface area contributed by atoms with Crippen LogP contribution in [0.5, 0.6) is 0 Å². The SMILES string of the molecule is C=C(NC(C=C1CCC(c2ccccc2CN2CCCC2=O)CC1)Cc1ccc(Cl)cc1)c1cc(=O)c2ccccc2o1. The van der Waals surface area contributed by atoms with Gasteiger partial charge in [0.2, 0.25) is 5.91 Å². The van der Waals surface area contributed by atoms with Crippen molar-refractivity contribution >= 4 is 34.2 Å². The van der Waals surface area contributed by atoms with Gasteiger partial charge in [0, 0.05) is 36.6 Å². The van der Waals surface area contributed by atoms with Gasteiger partial charge in [-0.05, 0) is 85.4 Å². The summed E-state index contributed by atoms with van der Waals surface area (Å²) in [6.07, 6.45) is 8.89. The maximum absolute atomic E-state index is 12.7. The van der Waals surface area contributed by atoms with Crippen LogP contribution in [-0.2, 0) is 17.8 Å². The Hall–Kier alpha value is -4.09. The quantitative estimate of drug-likeness (QED) is 0.200. The number of hydrogen-bond donors (Lipinski definition) is 1. The van der Waals surface area contributed by atoms with E-state index in [9.17, 15) is 9.59 Å². The number of allylic oxidation sites excluding steroid dienone is 1. The fourth-order valence-electron chi connectivity index (χ4n) is 6.48. The molecule has 1 amide bonds. The standard InChI is InChI=1S/C37H37ClN2O3/c1-25(36-23-34(41)33-9-4-5-10-35(33)43-36)39-31(22-27-14-18-30(38)19-15-27)21-26-12-16-28(17-13-26)32-8-3-2-7-29(32)24-40-20-6-11-37(40)42/h2-5,7-10,14-15,18-19,21,23,28,31,39H,1,6,11-13,16-17,20,22,24H2. The van der Waals surface area contributed by atoms with Gasteiger partial charge < -0.3 is 14.6 Å². The molecular weight excluding hydrogens is 556 g/mol. The fourth-order valence-corrected chi connectivity index (χ4v) is 6.60. The molecule has 0 bridgehead atoms. The van der Waals surface area contributed by atoms with Crippen LogP contribution in [0.1, 0.15) is 66.9 Å². The van der Waals surface area contributed by atoms with E-state index in [0.29, 0.717) is 46.3 Å². The van der Waals surface area contributed by atoms with Crippen LogP contribution in [0, 0.1) is 0 Å². The molecule has 1 atom stereocenters. The molecule has 1 aliphatic heterocycles. The van der Waals surface area contributed by atoms with Gasteiger partial charge in [-0.1, -0.05) is 78.4 Å². The maximum atomic E-state index is 12.7. The number of hydrogen-bond acceptors (Lipinski definition) is 4. The molecule has 0 radical (unpaired) electrons. The Labute approximate surface area is 257 Å². The Kier molecular flexibility index (Phi) is 8.80. The summed E-state index contributed by atoms with van der Waals surface area (Å²) in [5, 5.41) is 4.83. The molecule has 5 nitrogen and oxygen atoms in total. The van der Waals surface area contributed by atoms with Crippen LogP contribution in [0.15, 0.2) is 106 Å². The van der Waals surface area contributed by atoms with E-state index in [1.807, 2.05) is 41.3 Å². The van der Waals surface area contributed by atoms with Crippen molar-refractivity contribution in [3.05, 3.63) is 135 Å². The number of amides is 1. The predicted octanol–water partition coefficient (Wildman–Crippen LogP) is 8.02. The van der Waals surface area contributed by atoms with Crippen LogP contribution in [0.25, 0.3) is 16.7 Å². The molecule has 6 rings (SSSR count). The Morgan fingerprint density at radius 1 is 1.00 bits per heavy atom. The molecule has 43 heavy (non-hydrogen) atoms. The van der Waals surface area contributed by atoms with Crippen molar-refractivity contribution in [2.24, 2.45) is 0 Å². The molecule has 2 fully saturated rings. The van der Waals surface area contributed by atoms with Gasteiger partial charge in [-0.2, -0.15) is 0 Å². The number of nitrogens with zero attached hydrogens (tertiary/aromatic N) is 1. The van der Waals surface area contributed by atoms with Gasteiger partial charge in [0.1, 0.15) is 5.58 Å². The van der Waals surface area contributed by atoms with Gasteiger partial charge in [0.25, 0.3) is 0 Å². The summed E-state index contributed by atoms with van der Waals surface area (Å²) in [6.45, 7) is 5.83. The first-order valence-electron chi connectivity index (χ1n) is 15.2. The molecule has 1 aromatic heterocycles. The molecule has 1 aliphatic carbocycles. The van der Waals surface area contributed by atoms with Crippen molar-refractivity contribution < 1.29 is 9.21 Å². The minimum atomic E-state index is -0.0832.